The molecule has 14 heavy (non-hydrogen) atoms. The molecule has 1 fully saturated rings. The standard InChI is InChI=1S/C11H14O3/c12-10(11-2-1-5-14-11)8-9-3-6-13-7-4-9/h1-2,5,9H,3-4,6-8H2. The molecule has 76 valence electrons. The van der Waals surface area contributed by atoms with Gasteiger partial charge < -0.3 is 9.15 Å². The van der Waals surface area contributed by atoms with Crippen molar-refractivity contribution in [2.24, 2.45) is 5.92 Å². The molecular weight excluding hydrogens is 180 g/mol. The Morgan fingerprint density at radius 1 is 1.43 bits per heavy atom. The third kappa shape index (κ3) is 2.23. The van der Waals surface area contributed by atoms with E-state index < -0.39 is 0 Å². The van der Waals surface area contributed by atoms with E-state index >= 15 is 0 Å². The van der Waals surface area contributed by atoms with Crippen molar-refractivity contribution in [3.8, 4) is 0 Å². The monoisotopic (exact) mass is 194 g/mol. The van der Waals surface area contributed by atoms with Gasteiger partial charge >= 0.3 is 0 Å². The summed E-state index contributed by atoms with van der Waals surface area (Å²) in [6.45, 7) is 1.58. The Bertz CT molecular complexity index is 283. The molecule has 0 atom stereocenters. The molecule has 1 aliphatic heterocycles. The highest BCUT2D eigenvalue weighted by Crippen LogP contribution is 2.20. The molecule has 1 aliphatic rings. The van der Waals surface area contributed by atoms with Crippen molar-refractivity contribution >= 4 is 5.78 Å². The molecule has 2 rings (SSSR count). The van der Waals surface area contributed by atoms with Crippen LogP contribution in [0.2, 0.25) is 0 Å². The molecule has 0 aromatic carbocycles. The van der Waals surface area contributed by atoms with E-state index in [0.717, 1.165) is 26.1 Å². The molecule has 1 aromatic rings. The fourth-order valence-corrected chi connectivity index (χ4v) is 1.75. The number of carbonyl (C=O) groups excluding carboxylic acids is 1. The van der Waals surface area contributed by atoms with Crippen LogP contribution < -0.4 is 0 Å². The van der Waals surface area contributed by atoms with Gasteiger partial charge in [0.1, 0.15) is 0 Å². The van der Waals surface area contributed by atoms with Crippen LogP contribution in [0, 0.1) is 5.92 Å². The molecule has 2 heterocycles. The second-order valence-corrected chi connectivity index (χ2v) is 3.66. The van der Waals surface area contributed by atoms with E-state index in [1.54, 1.807) is 12.1 Å². The summed E-state index contributed by atoms with van der Waals surface area (Å²) in [6, 6.07) is 3.47. The van der Waals surface area contributed by atoms with Crippen molar-refractivity contribution < 1.29 is 13.9 Å². The van der Waals surface area contributed by atoms with Crippen LogP contribution >= 0.6 is 0 Å². The van der Waals surface area contributed by atoms with E-state index in [1.165, 1.54) is 6.26 Å². The molecule has 0 aliphatic carbocycles. The second kappa shape index (κ2) is 4.42. The average molecular weight is 194 g/mol. The number of furan rings is 1. The van der Waals surface area contributed by atoms with Gasteiger partial charge in [-0.15, -0.1) is 0 Å². The second-order valence-electron chi connectivity index (χ2n) is 3.66. The van der Waals surface area contributed by atoms with Gasteiger partial charge in [-0.2, -0.15) is 0 Å². The van der Waals surface area contributed by atoms with Gasteiger partial charge in [-0.05, 0) is 30.9 Å². The van der Waals surface area contributed by atoms with Gasteiger partial charge in [-0.1, -0.05) is 0 Å². The van der Waals surface area contributed by atoms with Crippen LogP contribution in [0.3, 0.4) is 0 Å². The topological polar surface area (TPSA) is 39.4 Å². The summed E-state index contributed by atoms with van der Waals surface area (Å²) in [5.74, 6) is 1.07. The number of ether oxygens (including phenoxy) is 1. The highest BCUT2D eigenvalue weighted by atomic mass is 16.5. The van der Waals surface area contributed by atoms with Gasteiger partial charge in [0.05, 0.1) is 6.26 Å². The normalized spacial score (nSPS) is 18.3. The first-order chi connectivity index (χ1) is 6.86. The molecule has 1 saturated heterocycles. The molecule has 3 nitrogen and oxygen atoms in total. The lowest BCUT2D eigenvalue weighted by atomic mass is 9.94. The largest absolute Gasteiger partial charge is 0.461 e. The Kier molecular flexibility index (Phi) is 2.99. The summed E-state index contributed by atoms with van der Waals surface area (Å²) >= 11 is 0. The number of Topliss-reactive ketones (excluding diaryl/α,β-unsaturated/α-hetero) is 1. The van der Waals surface area contributed by atoms with Crippen molar-refractivity contribution in [3.63, 3.8) is 0 Å². The highest BCUT2D eigenvalue weighted by Gasteiger charge is 2.19. The van der Waals surface area contributed by atoms with Crippen molar-refractivity contribution in [2.75, 3.05) is 13.2 Å². The minimum atomic E-state index is 0.113. The maximum Gasteiger partial charge on any atom is 0.198 e. The summed E-state index contributed by atoms with van der Waals surface area (Å²) in [5.41, 5.74) is 0. The lowest BCUT2D eigenvalue weighted by molar-refractivity contribution is 0.0593. The minimum absolute atomic E-state index is 0.113. The Hall–Kier alpha value is -1.09. The molecular formula is C11H14O3. The van der Waals surface area contributed by atoms with E-state index in [1.807, 2.05) is 0 Å². The summed E-state index contributed by atoms with van der Waals surface area (Å²) < 4.78 is 10.3. The Morgan fingerprint density at radius 2 is 2.21 bits per heavy atom. The van der Waals surface area contributed by atoms with Crippen LogP contribution in [0.5, 0.6) is 0 Å². The zero-order valence-electron chi connectivity index (χ0n) is 8.07. The molecule has 0 bridgehead atoms. The van der Waals surface area contributed by atoms with E-state index in [2.05, 4.69) is 0 Å². The van der Waals surface area contributed by atoms with E-state index in [-0.39, 0.29) is 5.78 Å². The SMILES string of the molecule is O=C(CC1CCOCC1)c1ccco1. The van der Waals surface area contributed by atoms with Crippen LogP contribution in [-0.2, 0) is 4.74 Å². The first-order valence-electron chi connectivity index (χ1n) is 5.00. The van der Waals surface area contributed by atoms with E-state index in [9.17, 15) is 4.79 Å². The molecule has 0 unspecified atom stereocenters. The predicted octanol–water partition coefficient (Wildman–Crippen LogP) is 2.28. The van der Waals surface area contributed by atoms with Gasteiger partial charge in [-0.3, -0.25) is 4.79 Å². The molecule has 0 N–H and O–H groups in total. The predicted molar refractivity (Wildman–Crippen MR) is 51.2 cm³/mol. The smallest absolute Gasteiger partial charge is 0.198 e. The van der Waals surface area contributed by atoms with Crippen molar-refractivity contribution in [2.45, 2.75) is 19.3 Å². The summed E-state index contributed by atoms with van der Waals surface area (Å²) in [5, 5.41) is 0. The molecule has 0 saturated carbocycles. The van der Waals surface area contributed by atoms with E-state index in [4.69, 9.17) is 9.15 Å². The van der Waals surface area contributed by atoms with E-state index in [0.29, 0.717) is 18.1 Å². The minimum Gasteiger partial charge on any atom is -0.461 e. The van der Waals surface area contributed by atoms with Crippen LogP contribution in [0.25, 0.3) is 0 Å². The third-order valence-corrected chi connectivity index (χ3v) is 2.61. The summed E-state index contributed by atoms with van der Waals surface area (Å²) in [6.07, 6.45) is 4.12. The van der Waals surface area contributed by atoms with Gasteiger partial charge in [0, 0.05) is 19.6 Å². The van der Waals surface area contributed by atoms with Crippen LogP contribution in [0.15, 0.2) is 22.8 Å². The maximum atomic E-state index is 11.6. The summed E-state index contributed by atoms with van der Waals surface area (Å²) in [4.78, 5) is 11.6. The molecule has 3 heteroatoms. The number of hydrogen-bond donors (Lipinski definition) is 0. The van der Waals surface area contributed by atoms with Gasteiger partial charge in [0.2, 0.25) is 0 Å². The van der Waals surface area contributed by atoms with Crippen LogP contribution in [0.4, 0.5) is 0 Å². The van der Waals surface area contributed by atoms with Crippen molar-refractivity contribution in [1.82, 2.24) is 0 Å². The molecule has 0 radical (unpaired) electrons. The Labute approximate surface area is 83.0 Å². The third-order valence-electron chi connectivity index (χ3n) is 2.61. The van der Waals surface area contributed by atoms with Gasteiger partial charge in [0.25, 0.3) is 0 Å². The van der Waals surface area contributed by atoms with Gasteiger partial charge in [0.15, 0.2) is 11.5 Å². The zero-order valence-corrected chi connectivity index (χ0v) is 8.07. The fraction of sp³-hybridized carbons (Fsp3) is 0.545. The first kappa shape index (κ1) is 9.46. The molecule has 0 amide bonds. The highest BCUT2D eigenvalue weighted by molar-refractivity contribution is 5.93. The zero-order chi connectivity index (χ0) is 9.80. The summed E-state index contributed by atoms with van der Waals surface area (Å²) in [7, 11) is 0. The van der Waals surface area contributed by atoms with Crippen molar-refractivity contribution in [1.29, 1.82) is 0 Å². The number of carbonyl (C=O) groups is 1. The number of hydrogen-bond acceptors (Lipinski definition) is 3. The van der Waals surface area contributed by atoms with Crippen molar-refractivity contribution in [3.05, 3.63) is 24.2 Å². The lowest BCUT2D eigenvalue weighted by Gasteiger charge is -2.20. The fourth-order valence-electron chi connectivity index (χ4n) is 1.75. The first-order valence-corrected chi connectivity index (χ1v) is 5.00. The molecule has 1 aromatic heterocycles. The Balaban J connectivity index is 1.87. The molecule has 0 spiro atoms. The Morgan fingerprint density at radius 3 is 2.86 bits per heavy atom. The van der Waals surface area contributed by atoms with Crippen LogP contribution in [0.1, 0.15) is 29.8 Å². The maximum absolute atomic E-state index is 11.6. The van der Waals surface area contributed by atoms with Crippen LogP contribution in [-0.4, -0.2) is 19.0 Å². The lowest BCUT2D eigenvalue weighted by Crippen LogP contribution is -2.18. The van der Waals surface area contributed by atoms with Gasteiger partial charge in [-0.25, -0.2) is 0 Å². The average Bonchev–Trinajstić information content (AvgIpc) is 2.72. The number of ketones is 1. The quantitative estimate of drug-likeness (QED) is 0.693. The number of rotatable bonds is 3.